The first kappa shape index (κ1) is 25.8. The smallest absolute Gasteiger partial charge is 0.305 e. The number of nitrogens with one attached hydrogen (secondary N) is 2. The number of carboxylic acids is 1. The van der Waals surface area contributed by atoms with E-state index in [0.717, 1.165) is 0 Å². The standard InChI is InChI=1S/C23H25ClN4O7S/c24-14-10-17-20(18(11-14)26-7-6-19(29)30)27-21(23(25)31)22(17)36(32,33)28-8-9-34-16(12-28)13-35-15-4-2-1-3-5-15/h1-5,10-11,16,26-27H,6-9,12-13H2,(H2,25,31)(H,29,30). The predicted octanol–water partition coefficient (Wildman–Crippen LogP) is 2.28. The van der Waals surface area contributed by atoms with Crippen LogP contribution < -0.4 is 15.8 Å². The molecular weight excluding hydrogens is 512 g/mol. The Hall–Kier alpha value is -3.32. The highest BCUT2D eigenvalue weighted by Gasteiger charge is 2.36. The van der Waals surface area contributed by atoms with Gasteiger partial charge in [0, 0.05) is 30.0 Å². The lowest BCUT2D eigenvalue weighted by molar-refractivity contribution is -0.136. The molecule has 0 radical (unpaired) electrons. The maximum Gasteiger partial charge on any atom is 0.305 e. The highest BCUT2D eigenvalue weighted by Crippen LogP contribution is 2.36. The van der Waals surface area contributed by atoms with Crippen LogP contribution in [-0.4, -0.2) is 73.6 Å². The van der Waals surface area contributed by atoms with Gasteiger partial charge in [0.25, 0.3) is 5.91 Å². The fourth-order valence-corrected chi connectivity index (χ4v) is 5.97. The number of benzene rings is 2. The van der Waals surface area contributed by atoms with Gasteiger partial charge in [0.2, 0.25) is 10.0 Å². The molecule has 1 amide bonds. The number of nitrogens with two attached hydrogens (primary N) is 1. The number of anilines is 1. The summed E-state index contributed by atoms with van der Waals surface area (Å²) in [6, 6.07) is 12.0. The number of hydrogen-bond acceptors (Lipinski definition) is 7. The molecule has 1 unspecified atom stereocenters. The van der Waals surface area contributed by atoms with Crippen molar-refractivity contribution in [3.8, 4) is 5.75 Å². The lowest BCUT2D eigenvalue weighted by atomic mass is 10.2. The number of para-hydroxylation sites is 1. The monoisotopic (exact) mass is 536 g/mol. The van der Waals surface area contributed by atoms with Crippen molar-refractivity contribution in [2.75, 3.05) is 38.2 Å². The topological polar surface area (TPSA) is 164 Å². The van der Waals surface area contributed by atoms with Crippen molar-refractivity contribution in [2.45, 2.75) is 17.4 Å². The third-order valence-electron chi connectivity index (χ3n) is 5.60. The van der Waals surface area contributed by atoms with E-state index in [0.29, 0.717) is 11.4 Å². The van der Waals surface area contributed by atoms with E-state index in [2.05, 4.69) is 10.3 Å². The van der Waals surface area contributed by atoms with Crippen molar-refractivity contribution in [3.63, 3.8) is 0 Å². The van der Waals surface area contributed by atoms with Gasteiger partial charge in [-0.15, -0.1) is 0 Å². The number of aliphatic carboxylic acids is 1. The van der Waals surface area contributed by atoms with Crippen LogP contribution in [0.1, 0.15) is 16.9 Å². The normalized spacial score (nSPS) is 16.6. The van der Waals surface area contributed by atoms with Gasteiger partial charge in [-0.05, 0) is 24.3 Å². The van der Waals surface area contributed by atoms with E-state index in [4.69, 9.17) is 31.9 Å². The van der Waals surface area contributed by atoms with Gasteiger partial charge in [0.15, 0.2) is 0 Å². The Morgan fingerprint density at radius 1 is 1.28 bits per heavy atom. The Bertz CT molecular complexity index is 1380. The molecule has 13 heteroatoms. The largest absolute Gasteiger partial charge is 0.491 e. The third-order valence-corrected chi connectivity index (χ3v) is 7.77. The fourth-order valence-electron chi connectivity index (χ4n) is 3.97. The Kier molecular flexibility index (Phi) is 7.69. The van der Waals surface area contributed by atoms with Crippen LogP contribution >= 0.6 is 11.6 Å². The molecule has 1 aliphatic rings. The van der Waals surface area contributed by atoms with Crippen LogP contribution in [0.15, 0.2) is 47.4 Å². The maximum absolute atomic E-state index is 13.8. The quantitative estimate of drug-likeness (QED) is 0.306. The van der Waals surface area contributed by atoms with E-state index in [1.54, 1.807) is 12.1 Å². The van der Waals surface area contributed by atoms with Crippen molar-refractivity contribution in [3.05, 3.63) is 53.2 Å². The molecular formula is C23H25ClN4O7S. The minimum Gasteiger partial charge on any atom is -0.491 e. The van der Waals surface area contributed by atoms with E-state index >= 15 is 0 Å². The molecule has 4 rings (SSSR count). The van der Waals surface area contributed by atoms with Crippen LogP contribution in [0.2, 0.25) is 5.02 Å². The zero-order chi connectivity index (χ0) is 25.9. The number of carbonyl (C=O) groups is 2. The number of aromatic nitrogens is 1. The number of fused-ring (bicyclic) bond motifs is 1. The molecule has 0 saturated carbocycles. The van der Waals surface area contributed by atoms with E-state index in [9.17, 15) is 18.0 Å². The number of hydrogen-bond donors (Lipinski definition) is 4. The average Bonchev–Trinajstić information content (AvgIpc) is 3.24. The zero-order valence-corrected chi connectivity index (χ0v) is 20.6. The van der Waals surface area contributed by atoms with Crippen LogP contribution in [0, 0.1) is 0 Å². The summed E-state index contributed by atoms with van der Waals surface area (Å²) in [6.45, 7) is 0.406. The van der Waals surface area contributed by atoms with Crippen LogP contribution in [0.4, 0.5) is 5.69 Å². The number of halogens is 1. The fraction of sp³-hybridized carbons (Fsp3) is 0.304. The van der Waals surface area contributed by atoms with Gasteiger partial charge in [-0.25, -0.2) is 8.42 Å². The second-order valence-corrected chi connectivity index (χ2v) is 10.4. The minimum absolute atomic E-state index is 0.00429. The summed E-state index contributed by atoms with van der Waals surface area (Å²) in [5.74, 6) is -1.34. The molecule has 1 fully saturated rings. The Labute approximate surface area is 212 Å². The molecule has 11 nitrogen and oxygen atoms in total. The van der Waals surface area contributed by atoms with Gasteiger partial charge < -0.3 is 30.6 Å². The summed E-state index contributed by atoms with van der Waals surface area (Å²) < 4.78 is 40.2. The molecule has 0 aliphatic carbocycles. The molecule has 5 N–H and O–H groups in total. The van der Waals surface area contributed by atoms with Crippen molar-refractivity contribution in [1.29, 1.82) is 0 Å². The Morgan fingerprint density at radius 2 is 2.03 bits per heavy atom. The molecule has 1 aromatic heterocycles. The highest BCUT2D eigenvalue weighted by atomic mass is 35.5. The molecule has 1 saturated heterocycles. The number of ether oxygens (including phenoxy) is 2. The third kappa shape index (κ3) is 5.57. The van der Waals surface area contributed by atoms with Gasteiger partial charge in [-0.1, -0.05) is 29.8 Å². The highest BCUT2D eigenvalue weighted by molar-refractivity contribution is 7.89. The number of nitrogens with zero attached hydrogens (tertiary/aromatic N) is 1. The number of morpholine rings is 1. The molecule has 0 bridgehead atoms. The summed E-state index contributed by atoms with van der Waals surface area (Å²) in [4.78, 5) is 25.7. The number of rotatable bonds is 10. The number of sulfonamides is 1. The van der Waals surface area contributed by atoms with E-state index in [1.807, 2.05) is 18.2 Å². The Morgan fingerprint density at radius 3 is 2.72 bits per heavy atom. The van der Waals surface area contributed by atoms with Crippen molar-refractivity contribution < 1.29 is 32.6 Å². The minimum atomic E-state index is -4.22. The first-order valence-electron chi connectivity index (χ1n) is 11.1. The molecule has 3 aromatic rings. The first-order valence-corrected chi connectivity index (χ1v) is 12.9. The SMILES string of the molecule is NC(=O)c1[nH]c2c(NCCC(=O)O)cc(Cl)cc2c1S(=O)(=O)N1CCOC(COc2ccccc2)C1. The molecule has 1 aliphatic heterocycles. The van der Waals surface area contributed by atoms with Crippen LogP contribution in [0.25, 0.3) is 10.9 Å². The van der Waals surface area contributed by atoms with E-state index in [1.165, 1.54) is 16.4 Å². The van der Waals surface area contributed by atoms with Gasteiger partial charge in [0.05, 0.1) is 24.2 Å². The maximum atomic E-state index is 13.8. The van der Waals surface area contributed by atoms with Crippen LogP contribution in [0.3, 0.4) is 0 Å². The van der Waals surface area contributed by atoms with Gasteiger partial charge in [0.1, 0.15) is 29.0 Å². The molecule has 192 valence electrons. The summed E-state index contributed by atoms with van der Waals surface area (Å²) >= 11 is 6.25. The summed E-state index contributed by atoms with van der Waals surface area (Å²) in [7, 11) is -4.22. The zero-order valence-electron chi connectivity index (χ0n) is 19.1. The van der Waals surface area contributed by atoms with Crippen LogP contribution in [0.5, 0.6) is 5.75 Å². The van der Waals surface area contributed by atoms with E-state index in [-0.39, 0.29) is 65.8 Å². The van der Waals surface area contributed by atoms with Gasteiger partial charge >= 0.3 is 5.97 Å². The number of H-pyrrole nitrogens is 1. The van der Waals surface area contributed by atoms with Crippen molar-refractivity contribution in [2.24, 2.45) is 5.73 Å². The summed E-state index contributed by atoms with van der Waals surface area (Å²) in [5.41, 5.74) is 5.87. The lowest BCUT2D eigenvalue weighted by Crippen LogP contribution is -2.47. The summed E-state index contributed by atoms with van der Waals surface area (Å²) in [6.07, 6.45) is -0.712. The number of primary amides is 1. The lowest BCUT2D eigenvalue weighted by Gasteiger charge is -2.32. The first-order chi connectivity index (χ1) is 17.2. The van der Waals surface area contributed by atoms with Crippen LogP contribution in [-0.2, 0) is 19.6 Å². The van der Waals surface area contributed by atoms with Crippen molar-refractivity contribution >= 4 is 50.1 Å². The van der Waals surface area contributed by atoms with Gasteiger partial charge in [-0.3, -0.25) is 9.59 Å². The van der Waals surface area contributed by atoms with Gasteiger partial charge in [-0.2, -0.15) is 4.31 Å². The molecule has 36 heavy (non-hydrogen) atoms. The molecule has 2 heterocycles. The predicted molar refractivity (Wildman–Crippen MR) is 133 cm³/mol. The Balaban J connectivity index is 1.65. The second kappa shape index (κ2) is 10.7. The molecule has 1 atom stereocenters. The number of aromatic amines is 1. The number of carbonyl (C=O) groups excluding carboxylic acids is 1. The summed E-state index contributed by atoms with van der Waals surface area (Å²) in [5, 5.41) is 12.2. The van der Waals surface area contributed by atoms with Crippen molar-refractivity contribution in [1.82, 2.24) is 9.29 Å². The number of amides is 1. The van der Waals surface area contributed by atoms with E-state index < -0.39 is 28.0 Å². The molecule has 2 aromatic carbocycles. The second-order valence-electron chi connectivity index (χ2n) is 8.12. The number of carboxylic acid groups (broad SMARTS) is 1. The average molecular weight is 537 g/mol. The molecule has 0 spiro atoms.